The number of benzene rings is 2. The lowest BCUT2D eigenvalue weighted by molar-refractivity contribution is 0.333. The number of nitrogens with two attached hydrogens (primary N) is 2. The molecule has 0 spiro atoms. The molecule has 0 radical (unpaired) electrons. The Hall–Kier alpha value is -1.92. The van der Waals surface area contributed by atoms with Crippen molar-refractivity contribution in [3.05, 3.63) is 59.7 Å². The fraction of sp³-hybridized carbons (Fsp3) is 0.636. The first-order valence-electron chi connectivity index (χ1n) is 14.9. The number of hydrogen-bond donors (Lipinski definition) is 4. The van der Waals surface area contributed by atoms with Crippen LogP contribution >= 0.6 is 0 Å². The predicted octanol–water partition coefficient (Wildman–Crippen LogP) is 6.73. The summed E-state index contributed by atoms with van der Waals surface area (Å²) >= 11 is 0. The van der Waals surface area contributed by atoms with Gasteiger partial charge in [-0.05, 0) is 127 Å². The molecule has 2 aromatic carbocycles. The lowest BCUT2D eigenvalue weighted by Gasteiger charge is -2.31. The van der Waals surface area contributed by atoms with E-state index in [1.54, 1.807) is 0 Å². The van der Waals surface area contributed by atoms with Crippen LogP contribution in [0.1, 0.15) is 97.6 Å². The molecule has 0 amide bonds. The van der Waals surface area contributed by atoms with Crippen molar-refractivity contribution in [2.45, 2.75) is 122 Å². The lowest BCUT2D eigenvalue weighted by Crippen LogP contribution is -2.44. The molecule has 0 fully saturated rings. The quantitative estimate of drug-likeness (QED) is 0.153. The number of para-hydroxylation sites is 1. The van der Waals surface area contributed by atoms with Crippen LogP contribution < -0.4 is 26.8 Å². The van der Waals surface area contributed by atoms with E-state index in [4.69, 9.17) is 16.2 Å². The van der Waals surface area contributed by atoms with Crippen LogP contribution in [-0.2, 0) is 12.8 Å². The van der Waals surface area contributed by atoms with Gasteiger partial charge in [-0.15, -0.1) is 0 Å². The summed E-state index contributed by atoms with van der Waals surface area (Å²) in [5.74, 6) is 1.77. The molecule has 0 aliphatic carbocycles. The van der Waals surface area contributed by atoms with E-state index in [2.05, 4.69) is 70.4 Å². The number of rotatable bonds is 19. The molecule has 38 heavy (non-hydrogen) atoms. The zero-order chi connectivity index (χ0) is 28.0. The molecule has 0 heterocycles. The van der Waals surface area contributed by atoms with Crippen LogP contribution in [0.4, 0.5) is 0 Å². The van der Waals surface area contributed by atoms with Gasteiger partial charge in [0.15, 0.2) is 0 Å². The Labute approximate surface area is 233 Å². The highest BCUT2D eigenvalue weighted by Gasteiger charge is 2.24. The summed E-state index contributed by atoms with van der Waals surface area (Å²) in [6.07, 6.45) is 9.36. The van der Waals surface area contributed by atoms with Gasteiger partial charge in [0.2, 0.25) is 0 Å². The van der Waals surface area contributed by atoms with E-state index in [-0.39, 0.29) is 11.1 Å². The van der Waals surface area contributed by atoms with Crippen LogP contribution in [0.25, 0.3) is 0 Å². The fourth-order valence-corrected chi connectivity index (χ4v) is 4.91. The zero-order valence-electron chi connectivity index (χ0n) is 25.1. The third kappa shape index (κ3) is 12.3. The van der Waals surface area contributed by atoms with E-state index in [0.29, 0.717) is 12.1 Å². The summed E-state index contributed by atoms with van der Waals surface area (Å²) < 4.78 is 6.33. The van der Waals surface area contributed by atoms with Crippen LogP contribution in [0.3, 0.4) is 0 Å². The topological polar surface area (TPSA) is 85.3 Å². The van der Waals surface area contributed by atoms with Crippen molar-refractivity contribution in [2.24, 2.45) is 11.5 Å². The average Bonchev–Trinajstić information content (AvgIpc) is 2.89. The van der Waals surface area contributed by atoms with Crippen LogP contribution in [-0.4, -0.2) is 36.3 Å². The molecule has 5 nitrogen and oxygen atoms in total. The number of hydrogen-bond acceptors (Lipinski definition) is 5. The van der Waals surface area contributed by atoms with Crippen LogP contribution in [0.5, 0.6) is 11.5 Å². The molecule has 0 saturated heterocycles. The first kappa shape index (κ1) is 32.3. The summed E-state index contributed by atoms with van der Waals surface area (Å²) in [6, 6.07) is 17.5. The molecule has 3 atom stereocenters. The van der Waals surface area contributed by atoms with E-state index >= 15 is 0 Å². The molecule has 2 aromatic rings. The second-order valence-corrected chi connectivity index (χ2v) is 12.0. The van der Waals surface area contributed by atoms with Crippen molar-refractivity contribution in [3.8, 4) is 11.5 Å². The van der Waals surface area contributed by atoms with Crippen molar-refractivity contribution < 1.29 is 4.74 Å². The van der Waals surface area contributed by atoms with Crippen molar-refractivity contribution in [2.75, 3.05) is 13.1 Å². The Bertz CT molecular complexity index is 916. The monoisotopic (exact) mass is 524 g/mol. The van der Waals surface area contributed by atoms with Gasteiger partial charge in [0.1, 0.15) is 11.5 Å². The van der Waals surface area contributed by atoms with E-state index in [0.717, 1.165) is 82.4 Å². The van der Waals surface area contributed by atoms with Gasteiger partial charge in [0.05, 0.1) is 0 Å². The molecule has 3 unspecified atom stereocenters. The maximum atomic E-state index is 6.33. The highest BCUT2D eigenvalue weighted by atomic mass is 16.5. The highest BCUT2D eigenvalue weighted by molar-refractivity contribution is 5.39. The van der Waals surface area contributed by atoms with Gasteiger partial charge >= 0.3 is 0 Å². The maximum Gasteiger partial charge on any atom is 0.127 e. The second-order valence-electron chi connectivity index (χ2n) is 12.0. The van der Waals surface area contributed by atoms with Gasteiger partial charge in [-0.2, -0.15) is 0 Å². The van der Waals surface area contributed by atoms with Crippen LogP contribution in [0.2, 0.25) is 0 Å². The SMILES string of the molecule is CCC(N)CCCNC(C)(C)Cc1cc(CC(C)(CC)NCCCC(N)CC)cc(Oc2ccccc2)c1. The van der Waals surface area contributed by atoms with Crippen molar-refractivity contribution in [3.63, 3.8) is 0 Å². The summed E-state index contributed by atoms with van der Waals surface area (Å²) in [5, 5.41) is 7.60. The number of ether oxygens (including phenoxy) is 1. The van der Waals surface area contributed by atoms with Gasteiger partial charge in [0.25, 0.3) is 0 Å². The van der Waals surface area contributed by atoms with Crippen molar-refractivity contribution >= 4 is 0 Å². The standard InChI is InChI=1S/C33H56N4O/c1-7-28(34)15-13-19-36-32(4,5)24-26-21-27(23-31(22-26)38-30-17-11-10-12-18-30)25-33(6,9-3)37-20-14-16-29(35)8-2/h10-12,17-18,21-23,28-29,36-37H,7-9,13-16,19-20,24-25,34-35H2,1-6H3. The van der Waals surface area contributed by atoms with Crippen LogP contribution in [0.15, 0.2) is 48.5 Å². The molecule has 0 aromatic heterocycles. The minimum atomic E-state index is -0.0245. The third-order valence-corrected chi connectivity index (χ3v) is 7.73. The van der Waals surface area contributed by atoms with Gasteiger partial charge in [-0.3, -0.25) is 0 Å². The van der Waals surface area contributed by atoms with Gasteiger partial charge in [-0.25, -0.2) is 0 Å². The summed E-state index contributed by atoms with van der Waals surface area (Å²) in [6.45, 7) is 15.5. The van der Waals surface area contributed by atoms with Crippen molar-refractivity contribution in [1.29, 1.82) is 0 Å². The smallest absolute Gasteiger partial charge is 0.127 e. The van der Waals surface area contributed by atoms with E-state index in [1.165, 1.54) is 11.1 Å². The Balaban J connectivity index is 2.16. The second kappa shape index (κ2) is 16.2. The summed E-state index contributed by atoms with van der Waals surface area (Å²) in [5.41, 5.74) is 14.8. The first-order valence-corrected chi connectivity index (χ1v) is 14.9. The largest absolute Gasteiger partial charge is 0.457 e. The predicted molar refractivity (Wildman–Crippen MR) is 164 cm³/mol. The molecule has 0 saturated carbocycles. The van der Waals surface area contributed by atoms with E-state index in [9.17, 15) is 0 Å². The molecule has 0 aliphatic heterocycles. The average molecular weight is 525 g/mol. The lowest BCUT2D eigenvalue weighted by atomic mass is 9.87. The Kier molecular flexibility index (Phi) is 13.8. The molecule has 2 rings (SSSR count). The van der Waals surface area contributed by atoms with Gasteiger partial charge in [0, 0.05) is 23.2 Å². The Morgan fingerprint density at radius 2 is 1.29 bits per heavy atom. The van der Waals surface area contributed by atoms with Crippen LogP contribution in [0, 0.1) is 0 Å². The zero-order valence-corrected chi connectivity index (χ0v) is 25.1. The molecular weight excluding hydrogens is 468 g/mol. The van der Waals surface area contributed by atoms with E-state index < -0.39 is 0 Å². The minimum Gasteiger partial charge on any atom is -0.457 e. The van der Waals surface area contributed by atoms with Crippen molar-refractivity contribution in [1.82, 2.24) is 10.6 Å². The summed E-state index contributed by atoms with van der Waals surface area (Å²) in [7, 11) is 0. The molecule has 0 aliphatic rings. The molecule has 0 bridgehead atoms. The summed E-state index contributed by atoms with van der Waals surface area (Å²) in [4.78, 5) is 0. The molecule has 6 N–H and O–H groups in total. The molecule has 214 valence electrons. The molecule has 5 heteroatoms. The molecular formula is C33H56N4O. The van der Waals surface area contributed by atoms with E-state index in [1.807, 2.05) is 30.3 Å². The fourth-order valence-electron chi connectivity index (χ4n) is 4.91. The normalized spacial score (nSPS) is 15.2. The Morgan fingerprint density at radius 1 is 0.737 bits per heavy atom. The Morgan fingerprint density at radius 3 is 1.84 bits per heavy atom. The third-order valence-electron chi connectivity index (χ3n) is 7.73. The highest BCUT2D eigenvalue weighted by Crippen LogP contribution is 2.28. The minimum absolute atomic E-state index is 0.0186. The van der Waals surface area contributed by atoms with Gasteiger partial charge < -0.3 is 26.8 Å². The number of nitrogens with one attached hydrogen (secondary N) is 2. The van der Waals surface area contributed by atoms with Gasteiger partial charge in [-0.1, -0.05) is 45.0 Å². The maximum absolute atomic E-state index is 6.33. The first-order chi connectivity index (χ1) is 18.1.